The van der Waals surface area contributed by atoms with Gasteiger partial charge >= 0.3 is 0 Å². The molecular weight excluding hydrogens is 360 g/mol. The molecular formula is C17H24N2O4S2. The molecule has 8 heteroatoms. The fourth-order valence-electron chi connectivity index (χ4n) is 2.92. The highest BCUT2D eigenvalue weighted by molar-refractivity contribution is 8.00. The lowest BCUT2D eigenvalue weighted by atomic mass is 10.2. The van der Waals surface area contributed by atoms with Crippen LogP contribution in [0.5, 0.6) is 0 Å². The third-order valence-electron chi connectivity index (χ3n) is 4.11. The van der Waals surface area contributed by atoms with Crippen molar-refractivity contribution in [3.63, 3.8) is 0 Å². The maximum atomic E-state index is 12.7. The summed E-state index contributed by atoms with van der Waals surface area (Å²) >= 11 is 1.43. The van der Waals surface area contributed by atoms with Gasteiger partial charge in [0.2, 0.25) is 11.8 Å². The fraction of sp³-hybridized carbons (Fsp3) is 0.529. The number of rotatable bonds is 6. The Morgan fingerprint density at radius 1 is 1.32 bits per heavy atom. The third kappa shape index (κ3) is 5.47. The minimum Gasteiger partial charge on any atom is -0.338 e. The molecule has 1 aromatic carbocycles. The molecule has 1 aliphatic heterocycles. The molecule has 0 spiro atoms. The fourth-order valence-corrected chi connectivity index (χ4v) is 5.59. The Balaban J connectivity index is 2.00. The lowest BCUT2D eigenvalue weighted by Crippen LogP contribution is -2.44. The van der Waals surface area contributed by atoms with Gasteiger partial charge in [-0.1, -0.05) is 0 Å². The molecule has 1 saturated heterocycles. The number of amides is 2. The Kier molecular flexibility index (Phi) is 6.51. The highest BCUT2D eigenvalue weighted by atomic mass is 32.2. The lowest BCUT2D eigenvalue weighted by molar-refractivity contribution is -0.131. The van der Waals surface area contributed by atoms with Crippen LogP contribution in [0.2, 0.25) is 0 Å². The van der Waals surface area contributed by atoms with Crippen LogP contribution in [0.3, 0.4) is 0 Å². The number of nitrogens with zero attached hydrogens (tertiary/aromatic N) is 1. The number of anilines is 1. The normalized spacial score (nSPS) is 20.0. The van der Waals surface area contributed by atoms with Crippen molar-refractivity contribution in [2.24, 2.45) is 0 Å². The maximum absolute atomic E-state index is 12.7. The Morgan fingerprint density at radius 3 is 2.44 bits per heavy atom. The van der Waals surface area contributed by atoms with Gasteiger partial charge in [0.1, 0.15) is 0 Å². The van der Waals surface area contributed by atoms with Crippen molar-refractivity contribution in [2.75, 3.05) is 23.4 Å². The van der Waals surface area contributed by atoms with Gasteiger partial charge in [-0.15, -0.1) is 11.8 Å². The number of thioether (sulfide) groups is 1. The van der Waals surface area contributed by atoms with Crippen molar-refractivity contribution < 1.29 is 18.0 Å². The Bertz CT molecular complexity index is 732. The number of nitrogens with one attached hydrogen (secondary N) is 1. The highest BCUT2D eigenvalue weighted by Crippen LogP contribution is 2.27. The third-order valence-corrected chi connectivity index (χ3v) is 6.96. The summed E-state index contributed by atoms with van der Waals surface area (Å²) < 4.78 is 23.4. The van der Waals surface area contributed by atoms with E-state index in [0.717, 1.165) is 4.90 Å². The topological polar surface area (TPSA) is 83.6 Å². The van der Waals surface area contributed by atoms with Gasteiger partial charge in [0, 0.05) is 30.1 Å². The second-order valence-corrected chi connectivity index (χ2v) is 9.79. The second-order valence-electron chi connectivity index (χ2n) is 6.15. The van der Waals surface area contributed by atoms with E-state index in [1.165, 1.54) is 18.7 Å². The Morgan fingerprint density at radius 2 is 1.96 bits per heavy atom. The van der Waals surface area contributed by atoms with E-state index in [0.29, 0.717) is 18.7 Å². The molecule has 2 rings (SSSR count). The van der Waals surface area contributed by atoms with E-state index in [2.05, 4.69) is 5.32 Å². The summed E-state index contributed by atoms with van der Waals surface area (Å²) in [6.45, 7) is 5.67. The average Bonchev–Trinajstić information content (AvgIpc) is 2.89. The molecule has 1 aliphatic rings. The predicted molar refractivity (Wildman–Crippen MR) is 101 cm³/mol. The second kappa shape index (κ2) is 8.23. The number of carbonyl (C=O) groups is 2. The van der Waals surface area contributed by atoms with Crippen LogP contribution < -0.4 is 5.32 Å². The first kappa shape index (κ1) is 19.8. The molecule has 0 radical (unpaired) electrons. The van der Waals surface area contributed by atoms with Gasteiger partial charge in [-0.3, -0.25) is 9.59 Å². The van der Waals surface area contributed by atoms with E-state index in [1.54, 1.807) is 17.0 Å². The molecule has 0 saturated carbocycles. The molecule has 0 aromatic heterocycles. The minimum atomic E-state index is -3.02. The predicted octanol–water partition coefficient (Wildman–Crippen LogP) is 2.16. The summed E-state index contributed by atoms with van der Waals surface area (Å²) in [6, 6.07) is 7.09. The van der Waals surface area contributed by atoms with Crippen molar-refractivity contribution in [3.05, 3.63) is 24.3 Å². The van der Waals surface area contributed by atoms with Crippen molar-refractivity contribution in [1.82, 2.24) is 4.90 Å². The molecule has 0 unspecified atom stereocenters. The van der Waals surface area contributed by atoms with Crippen LogP contribution in [0.15, 0.2) is 29.2 Å². The van der Waals surface area contributed by atoms with Gasteiger partial charge in [0.25, 0.3) is 0 Å². The average molecular weight is 385 g/mol. The quantitative estimate of drug-likeness (QED) is 0.760. The van der Waals surface area contributed by atoms with E-state index in [9.17, 15) is 18.0 Å². The van der Waals surface area contributed by atoms with Crippen molar-refractivity contribution >= 4 is 39.1 Å². The lowest BCUT2D eigenvalue weighted by Gasteiger charge is -2.29. The molecule has 1 fully saturated rings. The van der Waals surface area contributed by atoms with Crippen LogP contribution in [-0.2, 0) is 19.4 Å². The number of sulfone groups is 1. The maximum Gasteiger partial charge on any atom is 0.236 e. The summed E-state index contributed by atoms with van der Waals surface area (Å²) in [7, 11) is -3.02. The smallest absolute Gasteiger partial charge is 0.236 e. The van der Waals surface area contributed by atoms with E-state index in [1.807, 2.05) is 26.0 Å². The number of hydrogen-bond acceptors (Lipinski definition) is 5. The van der Waals surface area contributed by atoms with E-state index in [4.69, 9.17) is 0 Å². The largest absolute Gasteiger partial charge is 0.338 e. The van der Waals surface area contributed by atoms with Gasteiger partial charge in [0.15, 0.2) is 9.84 Å². The van der Waals surface area contributed by atoms with Gasteiger partial charge in [-0.2, -0.15) is 0 Å². The zero-order chi connectivity index (χ0) is 18.6. The van der Waals surface area contributed by atoms with Crippen LogP contribution in [0.25, 0.3) is 0 Å². The molecule has 1 heterocycles. The van der Waals surface area contributed by atoms with E-state index >= 15 is 0 Å². The molecule has 6 nitrogen and oxygen atoms in total. The first-order chi connectivity index (χ1) is 11.7. The molecule has 2 atom stereocenters. The van der Waals surface area contributed by atoms with Crippen molar-refractivity contribution in [3.8, 4) is 0 Å². The summed E-state index contributed by atoms with van der Waals surface area (Å²) in [5.41, 5.74) is 0.710. The molecule has 2 amide bonds. The van der Waals surface area contributed by atoms with Crippen LogP contribution in [-0.4, -0.2) is 54.5 Å². The van der Waals surface area contributed by atoms with Crippen LogP contribution >= 0.6 is 11.8 Å². The molecule has 1 N–H and O–H groups in total. The summed E-state index contributed by atoms with van der Waals surface area (Å²) in [4.78, 5) is 26.4. The number of carbonyl (C=O) groups excluding carboxylic acids is 2. The molecule has 138 valence electrons. The first-order valence-electron chi connectivity index (χ1n) is 8.27. The standard InChI is InChI=1S/C17H24N2O4S2/c1-4-19(15-9-10-25(22,23)11-15)17(21)12(2)24-16-7-5-14(6-8-16)18-13(3)20/h5-8,12,15H,4,9-11H2,1-3H3,(H,18,20)/t12-,15-/m1/s1. The minimum absolute atomic E-state index is 0.0412. The molecule has 1 aromatic rings. The summed E-state index contributed by atoms with van der Waals surface area (Å²) in [6.07, 6.45) is 0.519. The molecule has 25 heavy (non-hydrogen) atoms. The highest BCUT2D eigenvalue weighted by Gasteiger charge is 2.35. The number of benzene rings is 1. The summed E-state index contributed by atoms with van der Waals surface area (Å²) in [5.74, 6) is 0.0535. The zero-order valence-electron chi connectivity index (χ0n) is 14.7. The van der Waals surface area contributed by atoms with Crippen LogP contribution in [0.4, 0.5) is 5.69 Å². The Labute approximate surface area is 153 Å². The van der Waals surface area contributed by atoms with Gasteiger partial charge in [-0.25, -0.2) is 8.42 Å². The molecule has 0 aliphatic carbocycles. The number of hydrogen-bond donors (Lipinski definition) is 1. The zero-order valence-corrected chi connectivity index (χ0v) is 16.3. The monoisotopic (exact) mass is 384 g/mol. The van der Waals surface area contributed by atoms with Crippen LogP contribution in [0, 0.1) is 0 Å². The summed E-state index contributed by atoms with van der Waals surface area (Å²) in [5, 5.41) is 2.39. The first-order valence-corrected chi connectivity index (χ1v) is 11.0. The van der Waals surface area contributed by atoms with Crippen molar-refractivity contribution in [1.29, 1.82) is 0 Å². The van der Waals surface area contributed by atoms with E-state index in [-0.39, 0.29) is 34.6 Å². The SMILES string of the molecule is CCN(C(=O)[C@@H](C)Sc1ccc(NC(C)=O)cc1)[C@@H]1CCS(=O)(=O)C1. The van der Waals surface area contributed by atoms with Crippen molar-refractivity contribution in [2.45, 2.75) is 43.4 Å². The van der Waals surface area contributed by atoms with Gasteiger partial charge < -0.3 is 10.2 Å². The molecule has 0 bridgehead atoms. The van der Waals surface area contributed by atoms with Gasteiger partial charge in [0.05, 0.1) is 16.8 Å². The Hall–Kier alpha value is -1.54. The van der Waals surface area contributed by atoms with Crippen LogP contribution in [0.1, 0.15) is 27.2 Å². The van der Waals surface area contributed by atoms with Gasteiger partial charge in [-0.05, 0) is 44.5 Å². The van der Waals surface area contributed by atoms with E-state index < -0.39 is 9.84 Å².